The first-order valence-electron chi connectivity index (χ1n) is 2.56. The lowest BCUT2D eigenvalue weighted by molar-refractivity contribution is 0.348. The Balaban J connectivity index is 2.65. The van der Waals surface area contributed by atoms with Gasteiger partial charge in [0.25, 0.3) is 7.48 Å². The molecule has 44 valence electrons. The molecule has 0 heterocycles. The van der Waals surface area contributed by atoms with Crippen molar-refractivity contribution in [2.24, 2.45) is 5.73 Å². The smallest absolute Gasteiger partial charge is 0.277 e. The summed E-state index contributed by atoms with van der Waals surface area (Å²) in [5, 5.41) is 8.03. The third-order valence-electron chi connectivity index (χ3n) is 0.695. The predicted octanol–water partition coefficient (Wildman–Crippen LogP) is -0.397. The van der Waals surface area contributed by atoms with Gasteiger partial charge < -0.3 is 10.4 Å². The molecule has 8 heavy (non-hydrogen) atoms. The van der Waals surface area contributed by atoms with Gasteiger partial charge in [0, 0.05) is 6.42 Å². The maximum Gasteiger partial charge on any atom is 0.277 e. The minimum absolute atomic E-state index is 0.255. The van der Waals surface area contributed by atoms with Crippen molar-refractivity contribution >= 4 is 7.48 Å². The van der Waals surface area contributed by atoms with Crippen LogP contribution in [0.1, 0.15) is 6.42 Å². The van der Waals surface area contributed by atoms with Gasteiger partial charge in [0.15, 0.2) is 0 Å². The molecule has 0 aliphatic carbocycles. The Kier molecular flexibility index (Phi) is 6.05. The maximum absolute atomic E-state index is 8.03. The number of nitrogens with two attached hydrogens (primary N) is 1. The van der Waals surface area contributed by atoms with Crippen LogP contribution in [-0.2, 0) is 4.65 Å². The van der Waals surface area contributed by atoms with Gasteiger partial charge in [-0.2, -0.15) is 5.26 Å². The van der Waals surface area contributed by atoms with Crippen LogP contribution >= 0.6 is 0 Å². The molecule has 0 rings (SSSR count). The number of rotatable bonds is 4. The highest BCUT2D eigenvalue weighted by atomic mass is 16.4. The Morgan fingerprint density at radius 2 is 2.50 bits per heavy atom. The van der Waals surface area contributed by atoms with Gasteiger partial charge in [-0.05, 0) is 6.32 Å². The van der Waals surface area contributed by atoms with E-state index in [0.29, 0.717) is 13.9 Å². The van der Waals surface area contributed by atoms with Crippen molar-refractivity contribution in [1.82, 2.24) is 0 Å². The van der Waals surface area contributed by atoms with Gasteiger partial charge in [0.2, 0.25) is 0 Å². The van der Waals surface area contributed by atoms with Crippen molar-refractivity contribution in [3.63, 3.8) is 0 Å². The fraction of sp³-hybridized carbons (Fsp3) is 0.750. The quantitative estimate of drug-likeness (QED) is 0.306. The Labute approximate surface area is 49.7 Å². The molecule has 0 fully saturated rings. The molecule has 0 saturated heterocycles. The number of hydrogen-bond acceptors (Lipinski definition) is 3. The van der Waals surface area contributed by atoms with Gasteiger partial charge in [-0.3, -0.25) is 0 Å². The Hall–Kier alpha value is -0.525. The minimum atomic E-state index is 0.255. The molecule has 0 spiro atoms. The molecule has 3 nitrogen and oxygen atoms in total. The van der Waals surface area contributed by atoms with E-state index in [2.05, 4.69) is 0 Å². The minimum Gasteiger partial charge on any atom is -0.428 e. The second-order valence-electron chi connectivity index (χ2n) is 1.34. The maximum atomic E-state index is 8.03. The molecular weight excluding hydrogens is 103 g/mol. The van der Waals surface area contributed by atoms with Gasteiger partial charge >= 0.3 is 0 Å². The molecule has 2 N–H and O–H groups in total. The van der Waals surface area contributed by atoms with Gasteiger partial charge in [0.05, 0.1) is 12.8 Å². The average Bonchev–Trinajstić information content (AvgIpc) is 1.81. The largest absolute Gasteiger partial charge is 0.428 e. The molecule has 0 aromatic carbocycles. The van der Waals surface area contributed by atoms with E-state index in [1.807, 2.05) is 6.07 Å². The first-order valence-corrected chi connectivity index (χ1v) is 2.56. The van der Waals surface area contributed by atoms with Crippen molar-refractivity contribution in [2.75, 3.05) is 6.73 Å². The SMILES string of the molecule is N#CCCBOCN. The molecule has 0 saturated carbocycles. The topological polar surface area (TPSA) is 59.0 Å². The third kappa shape index (κ3) is 5.47. The molecule has 0 aromatic rings. The van der Waals surface area contributed by atoms with E-state index in [9.17, 15) is 0 Å². The summed E-state index contributed by atoms with van der Waals surface area (Å²) in [4.78, 5) is 0. The molecule has 0 amide bonds. The number of nitrogens with zero attached hydrogens (tertiary/aromatic N) is 1. The molecule has 0 bridgehead atoms. The van der Waals surface area contributed by atoms with E-state index in [-0.39, 0.29) is 6.73 Å². The van der Waals surface area contributed by atoms with E-state index in [1.54, 1.807) is 0 Å². The fourth-order valence-electron chi connectivity index (χ4n) is 0.337. The van der Waals surface area contributed by atoms with Crippen molar-refractivity contribution in [3.05, 3.63) is 0 Å². The van der Waals surface area contributed by atoms with E-state index >= 15 is 0 Å². The highest BCUT2D eigenvalue weighted by Gasteiger charge is 1.86. The van der Waals surface area contributed by atoms with Crippen LogP contribution in [0, 0.1) is 11.3 Å². The summed E-state index contributed by atoms with van der Waals surface area (Å²) in [7, 11) is 0.601. The van der Waals surface area contributed by atoms with Gasteiger partial charge in [-0.25, -0.2) is 0 Å². The summed E-state index contributed by atoms with van der Waals surface area (Å²) in [6, 6.07) is 2.01. The Morgan fingerprint density at radius 1 is 1.75 bits per heavy atom. The normalized spacial score (nSPS) is 8.00. The van der Waals surface area contributed by atoms with Crippen molar-refractivity contribution < 1.29 is 4.65 Å². The summed E-state index contributed by atoms with van der Waals surface area (Å²) in [6.45, 7) is 0.255. The predicted molar refractivity (Wildman–Crippen MR) is 32.3 cm³/mol. The zero-order valence-electron chi connectivity index (χ0n) is 4.76. The van der Waals surface area contributed by atoms with Crippen LogP contribution in [0.15, 0.2) is 0 Å². The van der Waals surface area contributed by atoms with E-state index in [1.165, 1.54) is 0 Å². The molecule has 0 aliphatic heterocycles. The van der Waals surface area contributed by atoms with Gasteiger partial charge in [-0.1, -0.05) is 0 Å². The first-order chi connectivity index (χ1) is 3.91. The molecule has 0 aromatic heterocycles. The Morgan fingerprint density at radius 3 is 3.00 bits per heavy atom. The van der Waals surface area contributed by atoms with E-state index in [4.69, 9.17) is 15.6 Å². The molecule has 0 aliphatic rings. The lowest BCUT2D eigenvalue weighted by Crippen LogP contribution is -2.07. The molecule has 4 heteroatoms. The Bertz CT molecular complexity index is 80.6. The van der Waals surface area contributed by atoms with Crippen molar-refractivity contribution in [2.45, 2.75) is 12.7 Å². The van der Waals surface area contributed by atoms with Crippen LogP contribution in [0.25, 0.3) is 0 Å². The van der Waals surface area contributed by atoms with Crippen LogP contribution in [-0.4, -0.2) is 14.2 Å². The second kappa shape index (κ2) is 6.47. The summed E-state index contributed by atoms with van der Waals surface area (Å²) in [5.41, 5.74) is 5.01. The average molecular weight is 112 g/mol. The molecular formula is C4H9BN2O. The van der Waals surface area contributed by atoms with Crippen molar-refractivity contribution in [1.29, 1.82) is 5.26 Å². The molecule has 0 unspecified atom stereocenters. The van der Waals surface area contributed by atoms with Gasteiger partial charge in [-0.15, -0.1) is 0 Å². The third-order valence-corrected chi connectivity index (χ3v) is 0.695. The van der Waals surface area contributed by atoms with E-state index in [0.717, 1.165) is 6.32 Å². The second-order valence-corrected chi connectivity index (χ2v) is 1.34. The zero-order valence-corrected chi connectivity index (χ0v) is 4.76. The summed E-state index contributed by atoms with van der Waals surface area (Å²) in [6.07, 6.45) is 1.34. The standard InChI is InChI=1S/C4H9BN2O/c6-3-1-2-5-8-4-7/h5H,1-2,4,7H2. The first kappa shape index (κ1) is 7.47. The summed E-state index contributed by atoms with van der Waals surface area (Å²) in [5.74, 6) is 0. The van der Waals surface area contributed by atoms with Crippen LogP contribution in [0.5, 0.6) is 0 Å². The fourth-order valence-corrected chi connectivity index (χ4v) is 0.337. The van der Waals surface area contributed by atoms with Gasteiger partial charge in [0.1, 0.15) is 0 Å². The lowest BCUT2D eigenvalue weighted by atomic mass is 9.94. The van der Waals surface area contributed by atoms with Crippen LogP contribution < -0.4 is 5.73 Å². The van der Waals surface area contributed by atoms with Crippen molar-refractivity contribution in [3.8, 4) is 6.07 Å². The van der Waals surface area contributed by atoms with Crippen LogP contribution in [0.2, 0.25) is 6.32 Å². The zero-order chi connectivity index (χ0) is 6.24. The molecule has 0 radical (unpaired) electrons. The monoisotopic (exact) mass is 112 g/mol. The molecule has 0 atom stereocenters. The number of nitriles is 1. The highest BCUT2D eigenvalue weighted by Crippen LogP contribution is 1.83. The summed E-state index contributed by atoms with van der Waals surface area (Å²) < 4.78 is 4.76. The number of hydrogen-bond donors (Lipinski definition) is 1. The van der Waals surface area contributed by atoms with E-state index < -0.39 is 0 Å². The van der Waals surface area contributed by atoms with Crippen LogP contribution in [0.4, 0.5) is 0 Å². The summed E-state index contributed by atoms with van der Waals surface area (Å²) >= 11 is 0. The highest BCUT2D eigenvalue weighted by molar-refractivity contribution is 6.27. The van der Waals surface area contributed by atoms with Crippen LogP contribution in [0.3, 0.4) is 0 Å². The lowest BCUT2D eigenvalue weighted by Gasteiger charge is -1.91.